The number of rotatable bonds is 2. The summed E-state index contributed by atoms with van der Waals surface area (Å²) in [6.07, 6.45) is 0.142. The molecule has 5 heteroatoms. The van der Waals surface area contributed by atoms with Crippen LogP contribution in [0, 0.1) is 0 Å². The van der Waals surface area contributed by atoms with E-state index in [0.29, 0.717) is 13.2 Å². The maximum absolute atomic E-state index is 10.8. The van der Waals surface area contributed by atoms with E-state index in [9.17, 15) is 4.79 Å². The fourth-order valence-corrected chi connectivity index (χ4v) is 1.00. The van der Waals surface area contributed by atoms with Crippen LogP contribution in [-0.2, 0) is 14.3 Å². The van der Waals surface area contributed by atoms with Crippen molar-refractivity contribution in [2.75, 3.05) is 13.2 Å². The zero-order valence-electron chi connectivity index (χ0n) is 6.42. The van der Waals surface area contributed by atoms with Gasteiger partial charge in [-0.05, 0) is 6.92 Å². The summed E-state index contributed by atoms with van der Waals surface area (Å²) in [4.78, 5) is 10.8. The molecule has 1 fully saturated rings. The van der Waals surface area contributed by atoms with Crippen LogP contribution >= 0.6 is 0 Å². The van der Waals surface area contributed by atoms with Crippen molar-refractivity contribution in [1.29, 1.82) is 0 Å². The molecular formula is C6H12N2O3. The van der Waals surface area contributed by atoms with Crippen LogP contribution < -0.4 is 11.3 Å². The molecule has 1 aliphatic heterocycles. The minimum atomic E-state index is -0.774. The van der Waals surface area contributed by atoms with Crippen LogP contribution in [0.3, 0.4) is 0 Å². The molecule has 0 aromatic carbocycles. The Kier molecular flexibility index (Phi) is 2.43. The summed E-state index contributed by atoms with van der Waals surface area (Å²) in [5.41, 5.74) is 2.02. The SMILES string of the molecule is CC1(CC(=O)NN)OCCO1. The zero-order valence-corrected chi connectivity index (χ0v) is 6.42. The normalized spacial score (nSPS) is 21.6. The molecule has 1 aliphatic rings. The molecule has 0 saturated carbocycles. The van der Waals surface area contributed by atoms with Gasteiger partial charge in [0.25, 0.3) is 0 Å². The van der Waals surface area contributed by atoms with Crippen molar-refractivity contribution in [3.05, 3.63) is 0 Å². The lowest BCUT2D eigenvalue weighted by Gasteiger charge is -2.20. The number of hydrazine groups is 1. The summed E-state index contributed by atoms with van der Waals surface area (Å²) in [5, 5.41) is 0. The third kappa shape index (κ3) is 2.14. The van der Waals surface area contributed by atoms with E-state index in [1.165, 1.54) is 0 Å². The molecule has 0 atom stereocenters. The van der Waals surface area contributed by atoms with E-state index in [1.807, 2.05) is 5.43 Å². The molecule has 3 N–H and O–H groups in total. The highest BCUT2D eigenvalue weighted by Gasteiger charge is 2.33. The number of hydrogen-bond acceptors (Lipinski definition) is 4. The molecule has 0 bridgehead atoms. The average Bonchev–Trinajstić information content (AvgIpc) is 2.36. The molecule has 5 nitrogen and oxygen atoms in total. The van der Waals surface area contributed by atoms with E-state index in [-0.39, 0.29) is 12.3 Å². The number of ether oxygens (including phenoxy) is 2. The highest BCUT2D eigenvalue weighted by molar-refractivity contribution is 5.76. The van der Waals surface area contributed by atoms with E-state index in [4.69, 9.17) is 15.3 Å². The molecule has 0 spiro atoms. The van der Waals surface area contributed by atoms with E-state index < -0.39 is 5.79 Å². The minimum Gasteiger partial charge on any atom is -0.347 e. The van der Waals surface area contributed by atoms with Gasteiger partial charge in [0.05, 0.1) is 19.6 Å². The second-order valence-electron chi connectivity index (χ2n) is 2.58. The molecule has 1 rings (SSSR count). The van der Waals surface area contributed by atoms with Gasteiger partial charge in [0.1, 0.15) is 0 Å². The van der Waals surface area contributed by atoms with Gasteiger partial charge >= 0.3 is 0 Å². The van der Waals surface area contributed by atoms with Gasteiger partial charge in [0.2, 0.25) is 5.91 Å². The standard InChI is InChI=1S/C6H12N2O3/c1-6(4-5(9)8-7)10-2-3-11-6/h2-4,7H2,1H3,(H,8,9). The topological polar surface area (TPSA) is 73.6 Å². The quantitative estimate of drug-likeness (QED) is 0.313. The van der Waals surface area contributed by atoms with Crippen molar-refractivity contribution in [1.82, 2.24) is 5.43 Å². The molecule has 0 aromatic rings. The molecular weight excluding hydrogens is 148 g/mol. The molecule has 11 heavy (non-hydrogen) atoms. The van der Waals surface area contributed by atoms with Crippen LogP contribution in [0.2, 0.25) is 0 Å². The Morgan fingerprint density at radius 2 is 2.18 bits per heavy atom. The van der Waals surface area contributed by atoms with E-state index in [2.05, 4.69) is 0 Å². The van der Waals surface area contributed by atoms with Gasteiger partial charge in [0, 0.05) is 0 Å². The number of carbonyl (C=O) groups is 1. The van der Waals surface area contributed by atoms with Gasteiger partial charge < -0.3 is 9.47 Å². The number of amides is 1. The fourth-order valence-electron chi connectivity index (χ4n) is 1.00. The lowest BCUT2D eigenvalue weighted by Crippen LogP contribution is -2.38. The Labute approximate surface area is 64.8 Å². The molecule has 1 amide bonds. The first kappa shape index (κ1) is 8.45. The molecule has 64 valence electrons. The predicted molar refractivity (Wildman–Crippen MR) is 37.3 cm³/mol. The summed E-state index contributed by atoms with van der Waals surface area (Å²) in [5.74, 6) is 3.84. The van der Waals surface area contributed by atoms with E-state index >= 15 is 0 Å². The Hall–Kier alpha value is -0.650. The van der Waals surface area contributed by atoms with Gasteiger partial charge in [-0.15, -0.1) is 0 Å². The maximum Gasteiger partial charge on any atom is 0.239 e. The highest BCUT2D eigenvalue weighted by Crippen LogP contribution is 2.21. The monoisotopic (exact) mass is 160 g/mol. The predicted octanol–water partition coefficient (Wildman–Crippen LogP) is -0.871. The van der Waals surface area contributed by atoms with Gasteiger partial charge in [-0.2, -0.15) is 0 Å². The fraction of sp³-hybridized carbons (Fsp3) is 0.833. The first-order valence-electron chi connectivity index (χ1n) is 3.44. The second-order valence-corrected chi connectivity index (χ2v) is 2.58. The van der Waals surface area contributed by atoms with Crippen molar-refractivity contribution in [2.45, 2.75) is 19.1 Å². The van der Waals surface area contributed by atoms with Crippen molar-refractivity contribution in [3.8, 4) is 0 Å². The van der Waals surface area contributed by atoms with E-state index in [1.54, 1.807) is 6.92 Å². The number of hydrogen-bond donors (Lipinski definition) is 2. The first-order valence-corrected chi connectivity index (χ1v) is 3.44. The summed E-state index contributed by atoms with van der Waals surface area (Å²) in [7, 11) is 0. The lowest BCUT2D eigenvalue weighted by atomic mass is 10.2. The highest BCUT2D eigenvalue weighted by atomic mass is 16.7. The number of carbonyl (C=O) groups excluding carboxylic acids is 1. The maximum atomic E-state index is 10.8. The Bertz CT molecular complexity index is 154. The molecule has 0 aliphatic carbocycles. The van der Waals surface area contributed by atoms with Crippen LogP contribution in [-0.4, -0.2) is 24.9 Å². The van der Waals surface area contributed by atoms with Gasteiger partial charge in [0.15, 0.2) is 5.79 Å². The molecule has 0 radical (unpaired) electrons. The Morgan fingerprint density at radius 1 is 1.64 bits per heavy atom. The van der Waals surface area contributed by atoms with Crippen LogP contribution in [0.15, 0.2) is 0 Å². The van der Waals surface area contributed by atoms with Gasteiger partial charge in [-0.1, -0.05) is 0 Å². The average molecular weight is 160 g/mol. The smallest absolute Gasteiger partial charge is 0.239 e. The van der Waals surface area contributed by atoms with Crippen molar-refractivity contribution in [3.63, 3.8) is 0 Å². The van der Waals surface area contributed by atoms with Crippen molar-refractivity contribution >= 4 is 5.91 Å². The minimum absolute atomic E-state index is 0.142. The Morgan fingerprint density at radius 3 is 2.64 bits per heavy atom. The number of nitrogens with one attached hydrogen (secondary N) is 1. The van der Waals surface area contributed by atoms with Gasteiger partial charge in [-0.25, -0.2) is 5.84 Å². The second kappa shape index (κ2) is 3.17. The largest absolute Gasteiger partial charge is 0.347 e. The van der Waals surface area contributed by atoms with E-state index in [0.717, 1.165) is 0 Å². The third-order valence-electron chi connectivity index (χ3n) is 1.54. The third-order valence-corrected chi connectivity index (χ3v) is 1.54. The molecule has 1 saturated heterocycles. The van der Waals surface area contributed by atoms with Crippen LogP contribution in [0.25, 0.3) is 0 Å². The van der Waals surface area contributed by atoms with Crippen LogP contribution in [0.5, 0.6) is 0 Å². The van der Waals surface area contributed by atoms with Gasteiger partial charge in [-0.3, -0.25) is 10.2 Å². The van der Waals surface area contributed by atoms with Crippen molar-refractivity contribution in [2.24, 2.45) is 5.84 Å². The summed E-state index contributed by atoms with van der Waals surface area (Å²) >= 11 is 0. The molecule has 0 aromatic heterocycles. The molecule has 1 heterocycles. The summed E-state index contributed by atoms with van der Waals surface area (Å²) in [6.45, 7) is 2.79. The molecule has 0 unspecified atom stereocenters. The summed E-state index contributed by atoms with van der Waals surface area (Å²) < 4.78 is 10.3. The summed E-state index contributed by atoms with van der Waals surface area (Å²) in [6, 6.07) is 0. The number of nitrogens with two attached hydrogens (primary N) is 1. The zero-order chi connectivity index (χ0) is 8.32. The lowest BCUT2D eigenvalue weighted by molar-refractivity contribution is -0.159. The Balaban J connectivity index is 2.39. The van der Waals surface area contributed by atoms with Crippen LogP contribution in [0.4, 0.5) is 0 Å². The van der Waals surface area contributed by atoms with Crippen LogP contribution in [0.1, 0.15) is 13.3 Å². The first-order chi connectivity index (χ1) is 5.16. The van der Waals surface area contributed by atoms with Crippen molar-refractivity contribution < 1.29 is 14.3 Å².